The summed E-state index contributed by atoms with van der Waals surface area (Å²) in [5.41, 5.74) is 7.39. The highest BCUT2D eigenvalue weighted by Gasteiger charge is 2.07. The molecule has 5 heteroatoms. The molecule has 2 aromatic carbocycles. The number of halogens is 3. The lowest BCUT2D eigenvalue weighted by Crippen LogP contribution is -1.97. The summed E-state index contributed by atoms with van der Waals surface area (Å²) in [7, 11) is 0. The number of para-hydroxylation sites is 1. The molecule has 0 amide bonds. The lowest BCUT2D eigenvalue weighted by molar-refractivity contribution is 0.628. The normalized spacial score (nSPS) is 10.3. The average Bonchev–Trinajstić information content (AvgIpc) is 2.26. The van der Waals surface area contributed by atoms with Crippen LogP contribution in [0.3, 0.4) is 0 Å². The zero-order chi connectivity index (χ0) is 12.4. The van der Waals surface area contributed by atoms with E-state index in [-0.39, 0.29) is 5.02 Å². The quantitative estimate of drug-likeness (QED) is 0.791. The maximum Gasteiger partial charge on any atom is 0.124 e. The van der Waals surface area contributed by atoms with Crippen LogP contribution in [0.1, 0.15) is 0 Å². The largest absolute Gasteiger partial charge is 0.397 e. The summed E-state index contributed by atoms with van der Waals surface area (Å²) < 4.78 is 12.9. The Kier molecular flexibility index (Phi) is 3.41. The average molecular weight is 271 g/mol. The predicted octanol–water partition coefficient (Wildman–Crippen LogP) is 4.46. The van der Waals surface area contributed by atoms with Gasteiger partial charge in [0.25, 0.3) is 0 Å². The van der Waals surface area contributed by atoms with E-state index in [9.17, 15) is 4.39 Å². The molecule has 0 aliphatic heterocycles. The van der Waals surface area contributed by atoms with Gasteiger partial charge in [-0.15, -0.1) is 0 Å². The van der Waals surface area contributed by atoms with E-state index < -0.39 is 5.82 Å². The number of rotatable bonds is 2. The Morgan fingerprint density at radius 1 is 1.06 bits per heavy atom. The third-order valence-corrected chi connectivity index (χ3v) is 2.86. The first-order valence-electron chi connectivity index (χ1n) is 4.84. The summed E-state index contributed by atoms with van der Waals surface area (Å²) in [6, 6.07) is 9.22. The first-order valence-corrected chi connectivity index (χ1v) is 5.59. The van der Waals surface area contributed by atoms with Crippen molar-refractivity contribution < 1.29 is 4.39 Å². The van der Waals surface area contributed by atoms with Crippen LogP contribution in [0, 0.1) is 5.82 Å². The van der Waals surface area contributed by atoms with Gasteiger partial charge < -0.3 is 11.1 Å². The van der Waals surface area contributed by atoms with Crippen LogP contribution in [-0.2, 0) is 0 Å². The minimum Gasteiger partial charge on any atom is -0.397 e. The maximum absolute atomic E-state index is 12.9. The van der Waals surface area contributed by atoms with Crippen LogP contribution < -0.4 is 11.1 Å². The van der Waals surface area contributed by atoms with Gasteiger partial charge in [-0.25, -0.2) is 4.39 Å². The van der Waals surface area contributed by atoms with Gasteiger partial charge in [0.05, 0.1) is 27.1 Å². The molecule has 0 aliphatic rings. The molecule has 88 valence electrons. The van der Waals surface area contributed by atoms with E-state index >= 15 is 0 Å². The Labute approximate surface area is 108 Å². The van der Waals surface area contributed by atoms with Gasteiger partial charge in [0.1, 0.15) is 5.82 Å². The first-order chi connectivity index (χ1) is 8.08. The molecule has 0 saturated carbocycles. The van der Waals surface area contributed by atoms with Gasteiger partial charge in [-0.2, -0.15) is 0 Å². The molecule has 0 unspecified atom stereocenters. The van der Waals surface area contributed by atoms with Gasteiger partial charge in [0.15, 0.2) is 0 Å². The molecule has 2 aromatic rings. The third kappa shape index (κ3) is 2.62. The summed E-state index contributed by atoms with van der Waals surface area (Å²) in [6.07, 6.45) is 0. The highest BCUT2D eigenvalue weighted by atomic mass is 35.5. The van der Waals surface area contributed by atoms with Gasteiger partial charge in [-0.3, -0.25) is 0 Å². The smallest absolute Gasteiger partial charge is 0.124 e. The molecule has 0 atom stereocenters. The van der Waals surface area contributed by atoms with Gasteiger partial charge in [-0.05, 0) is 30.3 Å². The predicted molar refractivity (Wildman–Crippen MR) is 70.6 cm³/mol. The van der Waals surface area contributed by atoms with E-state index in [1.165, 1.54) is 18.2 Å². The molecule has 0 heterocycles. The van der Waals surface area contributed by atoms with Crippen LogP contribution in [0.15, 0.2) is 36.4 Å². The number of hydrogen-bond acceptors (Lipinski definition) is 2. The number of nitrogen functional groups attached to an aromatic ring is 1. The van der Waals surface area contributed by atoms with Crippen LogP contribution in [0.5, 0.6) is 0 Å². The van der Waals surface area contributed by atoms with Crippen LogP contribution in [0.25, 0.3) is 0 Å². The number of anilines is 3. The lowest BCUT2D eigenvalue weighted by atomic mass is 10.2. The standard InChI is InChI=1S/C12H9Cl2FN2/c13-8-2-1-3-10(16)12(8)17-11-5-4-7(15)6-9(11)14/h1-6,17H,16H2. The summed E-state index contributed by atoms with van der Waals surface area (Å²) >= 11 is 11.9. The second-order valence-corrected chi connectivity index (χ2v) is 4.27. The molecule has 0 bridgehead atoms. The van der Waals surface area contributed by atoms with Crippen LogP contribution in [0.2, 0.25) is 10.0 Å². The highest BCUT2D eigenvalue weighted by molar-refractivity contribution is 6.35. The topological polar surface area (TPSA) is 38.0 Å². The molecular weight excluding hydrogens is 262 g/mol. The Bertz CT molecular complexity index is 538. The fourth-order valence-corrected chi connectivity index (χ4v) is 1.84. The summed E-state index contributed by atoms with van der Waals surface area (Å²) in [4.78, 5) is 0. The van der Waals surface area contributed by atoms with E-state index in [2.05, 4.69) is 5.32 Å². The van der Waals surface area contributed by atoms with E-state index in [0.29, 0.717) is 22.1 Å². The lowest BCUT2D eigenvalue weighted by Gasteiger charge is -2.12. The SMILES string of the molecule is Nc1cccc(Cl)c1Nc1ccc(F)cc1Cl. The maximum atomic E-state index is 12.9. The Hall–Kier alpha value is -1.45. The Morgan fingerprint density at radius 3 is 2.47 bits per heavy atom. The van der Waals surface area contributed by atoms with Gasteiger partial charge >= 0.3 is 0 Å². The molecular formula is C12H9Cl2FN2. The van der Waals surface area contributed by atoms with Crippen molar-refractivity contribution >= 4 is 40.3 Å². The highest BCUT2D eigenvalue weighted by Crippen LogP contribution is 2.33. The van der Waals surface area contributed by atoms with E-state index in [1.807, 2.05) is 0 Å². The summed E-state index contributed by atoms with van der Waals surface area (Å²) in [6.45, 7) is 0. The van der Waals surface area contributed by atoms with E-state index in [4.69, 9.17) is 28.9 Å². The van der Waals surface area contributed by atoms with Crippen molar-refractivity contribution in [3.05, 3.63) is 52.3 Å². The van der Waals surface area contributed by atoms with E-state index in [0.717, 1.165) is 0 Å². The van der Waals surface area contributed by atoms with Crippen molar-refractivity contribution in [2.24, 2.45) is 0 Å². The first kappa shape index (κ1) is 12.0. The molecule has 2 rings (SSSR count). The second-order valence-electron chi connectivity index (χ2n) is 3.45. The zero-order valence-corrected chi connectivity index (χ0v) is 10.2. The molecule has 0 spiro atoms. The molecule has 0 radical (unpaired) electrons. The van der Waals surface area contributed by atoms with Gasteiger partial charge in [0.2, 0.25) is 0 Å². The molecule has 17 heavy (non-hydrogen) atoms. The summed E-state index contributed by atoms with van der Waals surface area (Å²) in [5.74, 6) is -0.396. The molecule has 3 N–H and O–H groups in total. The van der Waals surface area contributed by atoms with Crippen molar-refractivity contribution in [2.45, 2.75) is 0 Å². The molecule has 0 aromatic heterocycles. The number of benzene rings is 2. The Balaban J connectivity index is 2.38. The Morgan fingerprint density at radius 2 is 1.82 bits per heavy atom. The second kappa shape index (κ2) is 4.82. The van der Waals surface area contributed by atoms with Gasteiger partial charge in [0, 0.05) is 0 Å². The van der Waals surface area contributed by atoms with Crippen molar-refractivity contribution in [3.63, 3.8) is 0 Å². The third-order valence-electron chi connectivity index (χ3n) is 2.24. The number of nitrogens with one attached hydrogen (secondary N) is 1. The van der Waals surface area contributed by atoms with Crippen molar-refractivity contribution in [1.29, 1.82) is 0 Å². The number of hydrogen-bond donors (Lipinski definition) is 2. The fourth-order valence-electron chi connectivity index (χ4n) is 1.40. The zero-order valence-electron chi connectivity index (χ0n) is 8.68. The van der Waals surface area contributed by atoms with Crippen molar-refractivity contribution in [2.75, 3.05) is 11.1 Å². The number of nitrogens with two attached hydrogens (primary N) is 1. The van der Waals surface area contributed by atoms with E-state index in [1.54, 1.807) is 18.2 Å². The van der Waals surface area contributed by atoms with Gasteiger partial charge in [-0.1, -0.05) is 29.3 Å². The molecule has 0 saturated heterocycles. The minimum absolute atomic E-state index is 0.268. The minimum atomic E-state index is -0.396. The monoisotopic (exact) mass is 270 g/mol. The molecule has 0 fully saturated rings. The van der Waals surface area contributed by atoms with Crippen LogP contribution in [-0.4, -0.2) is 0 Å². The van der Waals surface area contributed by atoms with Crippen molar-refractivity contribution in [3.8, 4) is 0 Å². The summed E-state index contributed by atoms with van der Waals surface area (Å²) in [5, 5.41) is 3.73. The molecule has 2 nitrogen and oxygen atoms in total. The fraction of sp³-hybridized carbons (Fsp3) is 0. The van der Waals surface area contributed by atoms with Crippen molar-refractivity contribution in [1.82, 2.24) is 0 Å². The van der Waals surface area contributed by atoms with Crippen LogP contribution in [0.4, 0.5) is 21.5 Å². The molecule has 0 aliphatic carbocycles. The van der Waals surface area contributed by atoms with Crippen LogP contribution >= 0.6 is 23.2 Å².